The van der Waals surface area contributed by atoms with Crippen LogP contribution in [0.5, 0.6) is 0 Å². The highest BCUT2D eigenvalue weighted by molar-refractivity contribution is 14.1. The molecule has 9 nitrogen and oxygen atoms in total. The highest BCUT2D eigenvalue weighted by atomic mass is 127. The van der Waals surface area contributed by atoms with Gasteiger partial charge in [0, 0.05) is 12.2 Å². The molecule has 0 heterocycles. The number of alkyl halides is 1. The van der Waals surface area contributed by atoms with Crippen LogP contribution in [0.15, 0.2) is 24.3 Å². The van der Waals surface area contributed by atoms with Gasteiger partial charge in [0.25, 0.3) is 0 Å². The molecule has 190 valence electrons. The minimum atomic E-state index is -0.802. The van der Waals surface area contributed by atoms with E-state index in [1.54, 1.807) is 31.2 Å². The monoisotopic (exact) mass is 588 g/mol. The zero-order valence-corrected chi connectivity index (χ0v) is 22.9. The number of hydrogen-bond acceptors (Lipinski definition) is 5. The van der Waals surface area contributed by atoms with Gasteiger partial charge in [-0.3, -0.25) is 14.4 Å². The van der Waals surface area contributed by atoms with Gasteiger partial charge in [0.2, 0.25) is 17.7 Å². The molecule has 0 saturated carbocycles. The average Bonchev–Trinajstić information content (AvgIpc) is 2.80. The largest absolute Gasteiger partial charge is 0.445 e. The number of amides is 4. The topological polar surface area (TPSA) is 126 Å². The lowest BCUT2D eigenvalue weighted by Crippen LogP contribution is -2.53. The number of nitrogens with one attached hydrogen (secondary N) is 4. The van der Waals surface area contributed by atoms with Crippen LogP contribution in [0.2, 0.25) is 0 Å². The molecule has 34 heavy (non-hydrogen) atoms. The minimum absolute atomic E-state index is 0.00826. The molecule has 0 saturated heterocycles. The van der Waals surface area contributed by atoms with Gasteiger partial charge < -0.3 is 26.0 Å². The van der Waals surface area contributed by atoms with Crippen LogP contribution in [-0.2, 0) is 25.7 Å². The third kappa shape index (κ3) is 10.7. The van der Waals surface area contributed by atoms with Crippen molar-refractivity contribution < 1.29 is 23.9 Å². The van der Waals surface area contributed by atoms with E-state index in [2.05, 4.69) is 42.0 Å². The Hall–Kier alpha value is -2.37. The normalized spacial score (nSPS) is 12.9. The number of carbonyl (C=O) groups excluding carboxylic acids is 4. The quantitative estimate of drug-likeness (QED) is 0.220. The summed E-state index contributed by atoms with van der Waals surface area (Å²) in [5.74, 6) is -1.17. The molecule has 0 aromatic heterocycles. The predicted molar refractivity (Wildman–Crippen MR) is 141 cm³/mol. The number of carbonyl (C=O) groups is 4. The number of alkyl carbamates (subject to hydrolysis) is 1. The summed E-state index contributed by atoms with van der Waals surface area (Å²) < 4.78 is 5.48. The molecule has 0 fully saturated rings. The van der Waals surface area contributed by atoms with Crippen molar-refractivity contribution in [2.45, 2.75) is 66.7 Å². The number of halogens is 1. The lowest BCUT2D eigenvalue weighted by molar-refractivity contribution is -0.131. The third-order valence-electron chi connectivity index (χ3n) is 5.40. The third-order valence-corrected chi connectivity index (χ3v) is 6.09. The van der Waals surface area contributed by atoms with Crippen molar-refractivity contribution in [2.75, 3.05) is 16.3 Å². The second-order valence-corrected chi connectivity index (χ2v) is 10.0. The van der Waals surface area contributed by atoms with Gasteiger partial charge in [0.15, 0.2) is 0 Å². The van der Waals surface area contributed by atoms with Crippen LogP contribution >= 0.6 is 22.6 Å². The van der Waals surface area contributed by atoms with Crippen molar-refractivity contribution in [3.05, 3.63) is 29.8 Å². The lowest BCUT2D eigenvalue weighted by Gasteiger charge is -2.23. The van der Waals surface area contributed by atoms with Crippen molar-refractivity contribution in [1.29, 1.82) is 0 Å². The van der Waals surface area contributed by atoms with E-state index in [0.717, 1.165) is 12.0 Å². The van der Waals surface area contributed by atoms with Gasteiger partial charge in [-0.05, 0) is 42.4 Å². The second-order valence-electron chi connectivity index (χ2n) is 9.29. The van der Waals surface area contributed by atoms with Crippen molar-refractivity contribution in [3.8, 4) is 0 Å². The Morgan fingerprint density at radius 3 is 2.15 bits per heavy atom. The van der Waals surface area contributed by atoms with E-state index >= 15 is 0 Å². The lowest BCUT2D eigenvalue weighted by atomic mass is 9.90. The van der Waals surface area contributed by atoms with Gasteiger partial charge in [-0.2, -0.15) is 0 Å². The summed E-state index contributed by atoms with van der Waals surface area (Å²) in [6.45, 7) is 12.1. The first-order valence-electron chi connectivity index (χ1n) is 11.3. The molecule has 1 aromatic carbocycles. The van der Waals surface area contributed by atoms with Crippen LogP contribution in [0, 0.1) is 11.3 Å². The molecule has 0 spiro atoms. The fourth-order valence-corrected chi connectivity index (χ4v) is 2.91. The first-order valence-corrected chi connectivity index (χ1v) is 12.9. The Kier molecular flexibility index (Phi) is 12.3. The first-order chi connectivity index (χ1) is 15.9. The van der Waals surface area contributed by atoms with Crippen LogP contribution in [0.3, 0.4) is 0 Å². The predicted octanol–water partition coefficient (Wildman–Crippen LogP) is 3.37. The summed E-state index contributed by atoms with van der Waals surface area (Å²) in [6.07, 6.45) is 0.466. The molecule has 4 N–H and O–H groups in total. The molecule has 4 amide bonds. The standard InChI is InChI=1S/C24H37IN4O5/c1-7-24(5,6)14-26-23(33)34-13-17-8-10-18(11-9-17)28-21(31)16(4)27-22(32)20(15(2)3)29-19(30)12-25/h8-11,15-16,20H,7,12-14H2,1-6H3,(H,26,33)(H,27,32)(H,28,31)(H,29,30)/t16-,20-/m0/s1. The van der Waals surface area contributed by atoms with Gasteiger partial charge in [0.1, 0.15) is 18.7 Å². The Bertz CT molecular complexity index is 842. The fourth-order valence-electron chi connectivity index (χ4n) is 2.69. The molecule has 0 radical (unpaired) electrons. The number of anilines is 1. The maximum Gasteiger partial charge on any atom is 0.407 e. The van der Waals surface area contributed by atoms with Gasteiger partial charge >= 0.3 is 6.09 Å². The summed E-state index contributed by atoms with van der Waals surface area (Å²) in [5, 5.41) is 10.8. The molecule has 0 aliphatic heterocycles. The van der Waals surface area contributed by atoms with E-state index < -0.39 is 30.0 Å². The first kappa shape index (κ1) is 29.7. The summed E-state index contributed by atoms with van der Waals surface area (Å²) >= 11 is 1.92. The summed E-state index contributed by atoms with van der Waals surface area (Å²) in [5.41, 5.74) is 1.33. The molecular formula is C24H37IN4O5. The molecule has 0 aliphatic carbocycles. The van der Waals surface area contributed by atoms with E-state index in [1.165, 1.54) is 0 Å². The number of benzene rings is 1. The molecular weight excluding hydrogens is 551 g/mol. The number of rotatable bonds is 12. The number of hydrogen-bond donors (Lipinski definition) is 4. The fraction of sp³-hybridized carbons (Fsp3) is 0.583. The molecule has 2 atom stereocenters. The number of ether oxygens (including phenoxy) is 1. The van der Waals surface area contributed by atoms with E-state index in [1.807, 2.05) is 36.4 Å². The van der Waals surface area contributed by atoms with E-state index in [-0.39, 0.29) is 28.3 Å². The summed E-state index contributed by atoms with van der Waals surface area (Å²) in [6, 6.07) is 5.36. The molecule has 0 bridgehead atoms. The highest BCUT2D eigenvalue weighted by Gasteiger charge is 2.26. The van der Waals surface area contributed by atoms with Crippen LogP contribution in [0.1, 0.15) is 53.5 Å². The SMILES string of the molecule is CCC(C)(C)CNC(=O)OCc1ccc(NC(=O)[C@H](C)NC(=O)[C@@H](NC(=O)CI)C(C)C)cc1. The molecule has 0 aliphatic rings. The maximum absolute atomic E-state index is 12.5. The highest BCUT2D eigenvalue weighted by Crippen LogP contribution is 2.17. The summed E-state index contributed by atoms with van der Waals surface area (Å²) in [7, 11) is 0. The molecule has 1 aromatic rings. The van der Waals surface area contributed by atoms with Gasteiger partial charge in [0.05, 0.1) is 4.43 Å². The van der Waals surface area contributed by atoms with Crippen LogP contribution in [0.4, 0.5) is 10.5 Å². The minimum Gasteiger partial charge on any atom is -0.445 e. The van der Waals surface area contributed by atoms with Gasteiger partial charge in [-0.1, -0.05) is 69.3 Å². The molecule has 0 unspecified atom stereocenters. The smallest absolute Gasteiger partial charge is 0.407 e. The average molecular weight is 588 g/mol. The zero-order valence-electron chi connectivity index (χ0n) is 20.8. The molecule has 10 heteroatoms. The Morgan fingerprint density at radius 2 is 1.62 bits per heavy atom. The van der Waals surface area contributed by atoms with Crippen molar-refractivity contribution >= 4 is 52.1 Å². The van der Waals surface area contributed by atoms with Crippen LogP contribution in [0.25, 0.3) is 0 Å². The van der Waals surface area contributed by atoms with Gasteiger partial charge in [-0.25, -0.2) is 4.79 Å². The van der Waals surface area contributed by atoms with Crippen molar-refractivity contribution in [3.63, 3.8) is 0 Å². The van der Waals surface area contributed by atoms with E-state index in [0.29, 0.717) is 12.2 Å². The summed E-state index contributed by atoms with van der Waals surface area (Å²) in [4.78, 5) is 48.6. The zero-order chi connectivity index (χ0) is 25.9. The Morgan fingerprint density at radius 1 is 1.00 bits per heavy atom. The van der Waals surface area contributed by atoms with Crippen molar-refractivity contribution in [1.82, 2.24) is 16.0 Å². The van der Waals surface area contributed by atoms with Crippen LogP contribution < -0.4 is 21.3 Å². The maximum atomic E-state index is 12.5. The van der Waals surface area contributed by atoms with Crippen molar-refractivity contribution in [2.24, 2.45) is 11.3 Å². The van der Waals surface area contributed by atoms with Crippen LogP contribution in [-0.4, -0.2) is 46.9 Å². The Balaban J connectivity index is 2.55. The van der Waals surface area contributed by atoms with E-state index in [4.69, 9.17) is 4.74 Å². The van der Waals surface area contributed by atoms with E-state index in [9.17, 15) is 19.2 Å². The Labute approximate surface area is 215 Å². The van der Waals surface area contributed by atoms with Gasteiger partial charge in [-0.15, -0.1) is 0 Å². The second kappa shape index (κ2) is 14.1. The molecule has 1 rings (SSSR count).